The second kappa shape index (κ2) is 3.58. The number of hydrogen-bond acceptors (Lipinski definition) is 3. The quantitative estimate of drug-likeness (QED) is 0.766. The normalized spacial score (nSPS) is 18.7. The van der Waals surface area contributed by atoms with Crippen molar-refractivity contribution in [3.63, 3.8) is 0 Å². The van der Waals surface area contributed by atoms with E-state index in [0.29, 0.717) is 6.54 Å². The Labute approximate surface area is 84.2 Å². The van der Waals surface area contributed by atoms with Crippen molar-refractivity contribution in [1.82, 2.24) is 4.98 Å². The molecule has 3 heteroatoms. The van der Waals surface area contributed by atoms with Crippen LogP contribution in [-0.2, 0) is 0 Å². The van der Waals surface area contributed by atoms with Crippen LogP contribution in [0.15, 0.2) is 18.3 Å². The highest BCUT2D eigenvalue weighted by Crippen LogP contribution is 2.31. The Morgan fingerprint density at radius 2 is 2.29 bits per heavy atom. The van der Waals surface area contributed by atoms with Crippen molar-refractivity contribution in [1.29, 1.82) is 0 Å². The van der Waals surface area contributed by atoms with Crippen molar-refractivity contribution < 1.29 is 5.11 Å². The minimum Gasteiger partial charge on any atom is -0.388 e. The molecule has 1 heterocycles. The number of aliphatic hydroxyl groups is 1. The summed E-state index contributed by atoms with van der Waals surface area (Å²) < 4.78 is 0. The van der Waals surface area contributed by atoms with Gasteiger partial charge in [-0.2, -0.15) is 0 Å². The average Bonchev–Trinajstić information content (AvgIpc) is 2.14. The van der Waals surface area contributed by atoms with Crippen molar-refractivity contribution in [2.75, 3.05) is 11.9 Å². The molecule has 0 bridgehead atoms. The zero-order valence-corrected chi connectivity index (χ0v) is 8.45. The lowest BCUT2D eigenvalue weighted by Gasteiger charge is -2.36. The van der Waals surface area contributed by atoms with Gasteiger partial charge in [0.1, 0.15) is 5.82 Å². The second-order valence-corrected chi connectivity index (χ2v) is 4.15. The number of anilines is 1. The van der Waals surface area contributed by atoms with Crippen LogP contribution in [0.25, 0.3) is 0 Å². The molecule has 0 aromatic carbocycles. The van der Waals surface area contributed by atoms with Gasteiger partial charge in [-0.1, -0.05) is 6.07 Å². The van der Waals surface area contributed by atoms with Crippen molar-refractivity contribution in [3.8, 4) is 0 Å². The third-order valence-corrected chi connectivity index (χ3v) is 2.79. The molecule has 3 nitrogen and oxygen atoms in total. The van der Waals surface area contributed by atoms with E-state index in [-0.39, 0.29) is 0 Å². The Balaban J connectivity index is 1.88. The van der Waals surface area contributed by atoms with E-state index in [1.165, 1.54) is 0 Å². The van der Waals surface area contributed by atoms with E-state index in [1.54, 1.807) is 0 Å². The number of aryl methyl sites for hydroxylation is 1. The second-order valence-electron chi connectivity index (χ2n) is 4.15. The summed E-state index contributed by atoms with van der Waals surface area (Å²) in [5.41, 5.74) is 0.671. The molecule has 2 N–H and O–H groups in total. The van der Waals surface area contributed by atoms with Gasteiger partial charge in [-0.3, -0.25) is 0 Å². The molecule has 1 fully saturated rings. The van der Waals surface area contributed by atoms with E-state index in [9.17, 15) is 5.11 Å². The molecule has 0 radical (unpaired) electrons. The van der Waals surface area contributed by atoms with E-state index in [0.717, 1.165) is 30.6 Å². The van der Waals surface area contributed by atoms with Gasteiger partial charge in [0.15, 0.2) is 0 Å². The molecule has 0 amide bonds. The fourth-order valence-corrected chi connectivity index (χ4v) is 1.59. The highest BCUT2D eigenvalue weighted by molar-refractivity contribution is 5.35. The Morgan fingerprint density at radius 1 is 1.50 bits per heavy atom. The highest BCUT2D eigenvalue weighted by atomic mass is 16.3. The lowest BCUT2D eigenvalue weighted by Crippen LogP contribution is -2.43. The summed E-state index contributed by atoms with van der Waals surface area (Å²) in [4.78, 5) is 4.22. The van der Waals surface area contributed by atoms with Crippen LogP contribution in [0.2, 0.25) is 0 Å². The molecular weight excluding hydrogens is 176 g/mol. The first kappa shape index (κ1) is 9.46. The van der Waals surface area contributed by atoms with E-state index in [4.69, 9.17) is 0 Å². The standard InChI is InChI=1S/C11H16N2O/c1-9-3-4-10(12-7-9)13-8-11(14)5-2-6-11/h3-4,7,14H,2,5-6,8H2,1H3,(H,12,13). The first-order valence-electron chi connectivity index (χ1n) is 5.07. The third kappa shape index (κ3) is 2.04. The van der Waals surface area contributed by atoms with Crippen LogP contribution in [0, 0.1) is 6.92 Å². The van der Waals surface area contributed by atoms with E-state index in [2.05, 4.69) is 10.3 Å². The lowest BCUT2D eigenvalue weighted by molar-refractivity contribution is -0.0202. The summed E-state index contributed by atoms with van der Waals surface area (Å²) in [6.07, 6.45) is 4.78. The van der Waals surface area contributed by atoms with Crippen LogP contribution in [-0.4, -0.2) is 22.2 Å². The number of nitrogens with zero attached hydrogens (tertiary/aromatic N) is 1. The maximum absolute atomic E-state index is 9.84. The molecule has 76 valence electrons. The van der Waals surface area contributed by atoms with Gasteiger partial charge >= 0.3 is 0 Å². The molecule has 2 rings (SSSR count). The Kier molecular flexibility index (Phi) is 2.42. The Morgan fingerprint density at radius 3 is 2.79 bits per heavy atom. The summed E-state index contributed by atoms with van der Waals surface area (Å²) in [5, 5.41) is 13.0. The molecule has 1 aliphatic carbocycles. The third-order valence-electron chi connectivity index (χ3n) is 2.79. The van der Waals surface area contributed by atoms with Gasteiger partial charge in [-0.05, 0) is 37.8 Å². The van der Waals surface area contributed by atoms with Crippen LogP contribution in [0.5, 0.6) is 0 Å². The number of hydrogen-bond donors (Lipinski definition) is 2. The Bertz CT molecular complexity index is 304. The molecule has 1 aromatic heterocycles. The monoisotopic (exact) mass is 192 g/mol. The van der Waals surface area contributed by atoms with E-state index in [1.807, 2.05) is 25.3 Å². The molecule has 0 atom stereocenters. The van der Waals surface area contributed by atoms with Crippen molar-refractivity contribution >= 4 is 5.82 Å². The number of pyridine rings is 1. The summed E-state index contributed by atoms with van der Waals surface area (Å²) >= 11 is 0. The van der Waals surface area contributed by atoms with Crippen LogP contribution in [0.3, 0.4) is 0 Å². The zero-order valence-electron chi connectivity index (χ0n) is 8.45. The smallest absolute Gasteiger partial charge is 0.125 e. The van der Waals surface area contributed by atoms with E-state index >= 15 is 0 Å². The minimum atomic E-state index is -0.480. The predicted octanol–water partition coefficient (Wildman–Crippen LogP) is 1.72. The zero-order chi connectivity index (χ0) is 10.0. The number of nitrogens with one attached hydrogen (secondary N) is 1. The van der Waals surface area contributed by atoms with Gasteiger partial charge in [0, 0.05) is 12.7 Å². The largest absolute Gasteiger partial charge is 0.388 e. The fraction of sp³-hybridized carbons (Fsp3) is 0.545. The molecule has 0 unspecified atom stereocenters. The highest BCUT2D eigenvalue weighted by Gasteiger charge is 2.33. The molecular formula is C11H16N2O. The number of rotatable bonds is 3. The molecule has 0 aliphatic heterocycles. The molecule has 0 saturated heterocycles. The maximum atomic E-state index is 9.84. The van der Waals surface area contributed by atoms with Crippen LogP contribution >= 0.6 is 0 Å². The maximum Gasteiger partial charge on any atom is 0.125 e. The summed E-state index contributed by atoms with van der Waals surface area (Å²) in [6.45, 7) is 2.62. The van der Waals surface area contributed by atoms with Crippen LogP contribution in [0.4, 0.5) is 5.82 Å². The summed E-state index contributed by atoms with van der Waals surface area (Å²) in [6, 6.07) is 3.96. The number of aromatic nitrogens is 1. The van der Waals surface area contributed by atoms with Gasteiger partial charge in [0.2, 0.25) is 0 Å². The van der Waals surface area contributed by atoms with Crippen molar-refractivity contribution in [2.45, 2.75) is 31.8 Å². The average molecular weight is 192 g/mol. The summed E-state index contributed by atoms with van der Waals surface area (Å²) in [7, 11) is 0. The first-order chi connectivity index (χ1) is 6.68. The van der Waals surface area contributed by atoms with Crippen LogP contribution in [0.1, 0.15) is 24.8 Å². The predicted molar refractivity (Wildman–Crippen MR) is 56.3 cm³/mol. The fourth-order valence-electron chi connectivity index (χ4n) is 1.59. The Hall–Kier alpha value is -1.09. The molecule has 14 heavy (non-hydrogen) atoms. The van der Waals surface area contributed by atoms with Gasteiger partial charge in [-0.25, -0.2) is 4.98 Å². The minimum absolute atomic E-state index is 0.480. The van der Waals surface area contributed by atoms with Gasteiger partial charge in [-0.15, -0.1) is 0 Å². The van der Waals surface area contributed by atoms with Crippen LogP contribution < -0.4 is 5.32 Å². The topological polar surface area (TPSA) is 45.1 Å². The first-order valence-corrected chi connectivity index (χ1v) is 5.07. The molecule has 0 spiro atoms. The van der Waals surface area contributed by atoms with Gasteiger partial charge < -0.3 is 10.4 Å². The molecule has 1 saturated carbocycles. The van der Waals surface area contributed by atoms with E-state index < -0.39 is 5.60 Å². The lowest BCUT2D eigenvalue weighted by atomic mass is 9.80. The molecule has 1 aromatic rings. The van der Waals surface area contributed by atoms with Gasteiger partial charge in [0.05, 0.1) is 5.60 Å². The van der Waals surface area contributed by atoms with Gasteiger partial charge in [0.25, 0.3) is 0 Å². The van der Waals surface area contributed by atoms with Crippen molar-refractivity contribution in [2.24, 2.45) is 0 Å². The summed E-state index contributed by atoms with van der Waals surface area (Å²) in [5.74, 6) is 0.843. The SMILES string of the molecule is Cc1ccc(NCC2(O)CCC2)nc1. The molecule has 1 aliphatic rings. The van der Waals surface area contributed by atoms with Crippen molar-refractivity contribution in [3.05, 3.63) is 23.9 Å².